The largest absolute Gasteiger partial charge is 0.372 e. The Kier molecular flexibility index (Phi) is 3.27. The molecule has 0 unspecified atom stereocenters. The second-order valence-corrected chi connectivity index (χ2v) is 4.06. The van der Waals surface area contributed by atoms with Crippen molar-refractivity contribution in [3.8, 4) is 0 Å². The van der Waals surface area contributed by atoms with Crippen LogP contribution in [0.2, 0.25) is 0 Å². The van der Waals surface area contributed by atoms with Crippen LogP contribution in [0, 0.1) is 0 Å². The maximum Gasteiger partial charge on any atom is 0.0366 e. The minimum absolute atomic E-state index is 0.607. The Bertz CT molecular complexity index is 297. The van der Waals surface area contributed by atoms with Crippen molar-refractivity contribution in [2.75, 3.05) is 24.5 Å². The topological polar surface area (TPSA) is 15.3 Å². The molecule has 1 aliphatic heterocycles. The lowest BCUT2D eigenvalue weighted by Crippen LogP contribution is -2.34. The van der Waals surface area contributed by atoms with Crippen LogP contribution in [0.4, 0.5) is 5.69 Å². The summed E-state index contributed by atoms with van der Waals surface area (Å²) in [6, 6.07) is 9.59. The third kappa shape index (κ3) is 2.15. The van der Waals surface area contributed by atoms with Gasteiger partial charge in [0.15, 0.2) is 0 Å². The molecule has 1 aromatic carbocycles. The smallest absolute Gasteiger partial charge is 0.0366 e. The molecule has 2 nitrogen and oxygen atoms in total. The molecule has 1 saturated heterocycles. The average Bonchev–Trinajstić information content (AvgIpc) is 2.20. The maximum atomic E-state index is 3.42. The van der Waals surface area contributed by atoms with Crippen LogP contribution in [-0.2, 0) is 0 Å². The first kappa shape index (κ1) is 10.5. The predicted octanol–water partition coefficient (Wildman–Crippen LogP) is 2.57. The Labute approximate surface area is 92.3 Å². The van der Waals surface area contributed by atoms with Crippen LogP contribution in [-0.4, -0.2) is 19.6 Å². The Hall–Kier alpha value is -1.02. The van der Waals surface area contributed by atoms with Crippen LogP contribution in [0.25, 0.3) is 0 Å². The maximum absolute atomic E-state index is 3.42. The minimum Gasteiger partial charge on any atom is -0.372 e. The van der Waals surface area contributed by atoms with Gasteiger partial charge in [0.2, 0.25) is 0 Å². The van der Waals surface area contributed by atoms with Gasteiger partial charge >= 0.3 is 0 Å². The second-order valence-electron chi connectivity index (χ2n) is 4.06. The average molecular weight is 204 g/mol. The molecule has 15 heavy (non-hydrogen) atoms. The van der Waals surface area contributed by atoms with Gasteiger partial charge in [-0.05, 0) is 44.5 Å². The van der Waals surface area contributed by atoms with Crippen molar-refractivity contribution in [2.24, 2.45) is 0 Å². The van der Waals surface area contributed by atoms with Gasteiger partial charge in [-0.1, -0.05) is 12.1 Å². The van der Waals surface area contributed by atoms with Crippen molar-refractivity contribution in [3.63, 3.8) is 0 Å². The standard InChI is InChI=1S/C13H20N2/c1-3-15(4-2)12-7-5-11(6-8-12)13-9-10-14-13/h5-8,13-14H,3-4,9-10H2,1-2H3/t13-/m0/s1. The molecule has 0 saturated carbocycles. The first-order chi connectivity index (χ1) is 7.35. The highest BCUT2D eigenvalue weighted by Crippen LogP contribution is 2.24. The molecule has 1 N–H and O–H groups in total. The molecule has 2 rings (SSSR count). The van der Waals surface area contributed by atoms with Crippen molar-refractivity contribution < 1.29 is 0 Å². The third-order valence-corrected chi connectivity index (χ3v) is 3.25. The molecule has 0 aromatic heterocycles. The van der Waals surface area contributed by atoms with Gasteiger partial charge < -0.3 is 10.2 Å². The number of hydrogen-bond donors (Lipinski definition) is 1. The molecule has 0 aliphatic carbocycles. The summed E-state index contributed by atoms with van der Waals surface area (Å²) in [5.74, 6) is 0. The summed E-state index contributed by atoms with van der Waals surface area (Å²) < 4.78 is 0. The normalized spacial score (nSPS) is 19.7. The van der Waals surface area contributed by atoms with Crippen molar-refractivity contribution in [1.82, 2.24) is 5.32 Å². The van der Waals surface area contributed by atoms with E-state index in [9.17, 15) is 0 Å². The summed E-state index contributed by atoms with van der Waals surface area (Å²) in [5.41, 5.74) is 2.76. The quantitative estimate of drug-likeness (QED) is 0.811. The number of rotatable bonds is 4. The van der Waals surface area contributed by atoms with E-state index >= 15 is 0 Å². The van der Waals surface area contributed by atoms with Crippen LogP contribution in [0.1, 0.15) is 31.9 Å². The first-order valence-corrected chi connectivity index (χ1v) is 5.93. The van der Waals surface area contributed by atoms with Crippen LogP contribution in [0.15, 0.2) is 24.3 Å². The fourth-order valence-electron chi connectivity index (χ4n) is 2.08. The Morgan fingerprint density at radius 1 is 1.20 bits per heavy atom. The molecule has 1 heterocycles. The fourth-order valence-corrected chi connectivity index (χ4v) is 2.08. The number of benzene rings is 1. The molecule has 0 spiro atoms. The summed E-state index contributed by atoms with van der Waals surface area (Å²) in [6.45, 7) is 7.73. The first-order valence-electron chi connectivity index (χ1n) is 5.93. The summed E-state index contributed by atoms with van der Waals surface area (Å²) in [7, 11) is 0. The summed E-state index contributed by atoms with van der Waals surface area (Å²) in [5, 5.41) is 3.42. The van der Waals surface area contributed by atoms with Gasteiger partial charge in [-0.25, -0.2) is 0 Å². The Morgan fingerprint density at radius 2 is 1.80 bits per heavy atom. The molecule has 0 radical (unpaired) electrons. The highest BCUT2D eigenvalue weighted by Gasteiger charge is 2.17. The zero-order valence-electron chi connectivity index (χ0n) is 9.66. The second kappa shape index (κ2) is 4.67. The van der Waals surface area contributed by atoms with Gasteiger partial charge in [-0.3, -0.25) is 0 Å². The van der Waals surface area contributed by atoms with E-state index in [1.54, 1.807) is 0 Å². The number of hydrogen-bond acceptors (Lipinski definition) is 2. The van der Waals surface area contributed by atoms with E-state index in [0.717, 1.165) is 13.1 Å². The monoisotopic (exact) mass is 204 g/mol. The Morgan fingerprint density at radius 3 is 2.20 bits per heavy atom. The van der Waals surface area contributed by atoms with E-state index in [1.165, 1.54) is 24.2 Å². The molecule has 2 heteroatoms. The summed E-state index contributed by atoms with van der Waals surface area (Å²) in [6.07, 6.45) is 1.28. The zero-order valence-corrected chi connectivity index (χ0v) is 9.66. The molecule has 82 valence electrons. The van der Waals surface area contributed by atoms with Gasteiger partial charge in [0.05, 0.1) is 0 Å². The van der Waals surface area contributed by atoms with Crippen molar-refractivity contribution in [3.05, 3.63) is 29.8 Å². The summed E-state index contributed by atoms with van der Waals surface area (Å²) in [4.78, 5) is 2.37. The lowest BCUT2D eigenvalue weighted by atomic mass is 9.98. The SMILES string of the molecule is CCN(CC)c1ccc([C@@H]2CCN2)cc1. The lowest BCUT2D eigenvalue weighted by Gasteiger charge is -2.29. The van der Waals surface area contributed by atoms with Crippen LogP contribution in [0.5, 0.6) is 0 Å². The van der Waals surface area contributed by atoms with E-state index in [0.29, 0.717) is 6.04 Å². The lowest BCUT2D eigenvalue weighted by molar-refractivity contribution is 0.383. The van der Waals surface area contributed by atoms with E-state index in [2.05, 4.69) is 48.3 Å². The fraction of sp³-hybridized carbons (Fsp3) is 0.538. The van der Waals surface area contributed by atoms with Crippen LogP contribution in [0.3, 0.4) is 0 Å². The third-order valence-electron chi connectivity index (χ3n) is 3.25. The highest BCUT2D eigenvalue weighted by molar-refractivity contribution is 5.48. The predicted molar refractivity (Wildman–Crippen MR) is 65.4 cm³/mol. The molecule has 1 aliphatic rings. The number of nitrogens with one attached hydrogen (secondary N) is 1. The summed E-state index contributed by atoms with van der Waals surface area (Å²) >= 11 is 0. The zero-order chi connectivity index (χ0) is 10.7. The van der Waals surface area contributed by atoms with Gasteiger partial charge in [0.1, 0.15) is 0 Å². The van der Waals surface area contributed by atoms with Gasteiger partial charge in [-0.2, -0.15) is 0 Å². The van der Waals surface area contributed by atoms with E-state index in [1.807, 2.05) is 0 Å². The van der Waals surface area contributed by atoms with Crippen molar-refractivity contribution in [1.29, 1.82) is 0 Å². The number of nitrogens with zero attached hydrogens (tertiary/aromatic N) is 1. The highest BCUT2D eigenvalue weighted by atomic mass is 15.1. The molecule has 0 bridgehead atoms. The van der Waals surface area contributed by atoms with Gasteiger partial charge in [-0.15, -0.1) is 0 Å². The molecule has 1 atom stereocenters. The Balaban J connectivity index is 2.08. The van der Waals surface area contributed by atoms with E-state index in [-0.39, 0.29) is 0 Å². The number of anilines is 1. The van der Waals surface area contributed by atoms with Crippen molar-refractivity contribution >= 4 is 5.69 Å². The molecular formula is C13H20N2. The van der Waals surface area contributed by atoms with E-state index < -0.39 is 0 Å². The molecular weight excluding hydrogens is 184 g/mol. The van der Waals surface area contributed by atoms with Crippen molar-refractivity contribution in [2.45, 2.75) is 26.3 Å². The minimum atomic E-state index is 0.607. The molecule has 1 fully saturated rings. The van der Waals surface area contributed by atoms with Gasteiger partial charge in [0.25, 0.3) is 0 Å². The van der Waals surface area contributed by atoms with E-state index in [4.69, 9.17) is 0 Å². The molecule has 1 aromatic rings. The molecule has 0 amide bonds. The van der Waals surface area contributed by atoms with Crippen LogP contribution >= 0.6 is 0 Å². The van der Waals surface area contributed by atoms with Gasteiger partial charge in [0, 0.05) is 24.8 Å². The van der Waals surface area contributed by atoms with Crippen LogP contribution < -0.4 is 10.2 Å².